The number of alkyl halides is 3. The molecule has 28 heavy (non-hydrogen) atoms. The molecular weight excluding hydrogens is 371 g/mol. The van der Waals surface area contributed by atoms with Crippen LogP contribution in [-0.2, 0) is 11.8 Å². The highest BCUT2D eigenvalue weighted by Crippen LogP contribution is 2.42. The lowest BCUT2D eigenvalue weighted by Crippen LogP contribution is -2.46. The average Bonchev–Trinajstić information content (AvgIpc) is 2.62. The van der Waals surface area contributed by atoms with Crippen LogP contribution in [0.4, 0.5) is 13.2 Å². The first-order valence-electron chi connectivity index (χ1n) is 9.24. The van der Waals surface area contributed by atoms with Crippen molar-refractivity contribution in [1.82, 2.24) is 5.32 Å². The first kappa shape index (κ1) is 20.5. The first-order valence-corrected chi connectivity index (χ1v) is 9.24. The van der Waals surface area contributed by atoms with Crippen LogP contribution >= 0.6 is 0 Å². The van der Waals surface area contributed by atoms with Gasteiger partial charge in [-0.05, 0) is 62.1 Å². The number of aliphatic hydroxyl groups is 1. The maximum atomic E-state index is 12.8. The van der Waals surface area contributed by atoms with Gasteiger partial charge >= 0.3 is 6.18 Å². The molecule has 3 atom stereocenters. The molecule has 0 bridgehead atoms. The minimum Gasteiger partial charge on any atom is -0.504 e. The van der Waals surface area contributed by atoms with Crippen LogP contribution in [-0.4, -0.2) is 22.9 Å². The molecule has 3 N–H and O–H groups in total. The molecule has 2 aromatic rings. The zero-order valence-electron chi connectivity index (χ0n) is 15.8. The van der Waals surface area contributed by atoms with Gasteiger partial charge in [0.1, 0.15) is 0 Å². The molecular formula is C21H24F3NO3. The lowest BCUT2D eigenvalue weighted by atomic mass is 9.77. The van der Waals surface area contributed by atoms with E-state index in [1.54, 1.807) is 12.1 Å². The fourth-order valence-corrected chi connectivity index (χ4v) is 3.84. The molecule has 1 heterocycles. The Morgan fingerprint density at radius 3 is 2.39 bits per heavy atom. The highest BCUT2D eigenvalue weighted by atomic mass is 19.4. The maximum Gasteiger partial charge on any atom is 0.416 e. The van der Waals surface area contributed by atoms with Gasteiger partial charge in [-0.25, -0.2) is 0 Å². The summed E-state index contributed by atoms with van der Waals surface area (Å²) in [7, 11) is 0. The maximum absolute atomic E-state index is 12.8. The van der Waals surface area contributed by atoms with Gasteiger partial charge in [0, 0.05) is 12.1 Å². The molecule has 4 nitrogen and oxygen atoms in total. The van der Waals surface area contributed by atoms with Crippen LogP contribution in [0.25, 0.3) is 0 Å². The van der Waals surface area contributed by atoms with E-state index in [2.05, 4.69) is 5.32 Å². The van der Waals surface area contributed by atoms with E-state index in [0.717, 1.165) is 17.7 Å². The summed E-state index contributed by atoms with van der Waals surface area (Å²) in [5, 5.41) is 24.8. The molecule has 0 amide bonds. The van der Waals surface area contributed by atoms with E-state index in [9.17, 15) is 23.4 Å². The smallest absolute Gasteiger partial charge is 0.416 e. The van der Waals surface area contributed by atoms with E-state index in [-0.39, 0.29) is 24.3 Å². The average molecular weight is 395 g/mol. The largest absolute Gasteiger partial charge is 0.504 e. The lowest BCUT2D eigenvalue weighted by molar-refractivity contribution is -0.137. The summed E-state index contributed by atoms with van der Waals surface area (Å²) in [6, 6.07) is 9.42. The molecule has 0 aromatic heterocycles. The van der Waals surface area contributed by atoms with Crippen LogP contribution in [0.1, 0.15) is 49.4 Å². The van der Waals surface area contributed by atoms with Crippen molar-refractivity contribution < 1.29 is 28.1 Å². The summed E-state index contributed by atoms with van der Waals surface area (Å²) in [4.78, 5) is 0. The summed E-state index contributed by atoms with van der Waals surface area (Å²) in [5.74, 6) is 0.394. The Kier molecular flexibility index (Phi) is 5.59. The molecule has 0 saturated carbocycles. The van der Waals surface area contributed by atoms with Crippen molar-refractivity contribution in [3.8, 4) is 11.5 Å². The van der Waals surface area contributed by atoms with Gasteiger partial charge in [0.15, 0.2) is 11.5 Å². The number of phenols is 1. The van der Waals surface area contributed by atoms with Gasteiger partial charge in [0.05, 0.1) is 17.8 Å². The quantitative estimate of drug-likeness (QED) is 0.713. The number of aromatic hydroxyl groups is 1. The first-order chi connectivity index (χ1) is 13.1. The molecule has 152 valence electrons. The molecule has 1 saturated heterocycles. The van der Waals surface area contributed by atoms with E-state index in [1.165, 1.54) is 12.1 Å². The second-order valence-corrected chi connectivity index (χ2v) is 7.30. The summed E-state index contributed by atoms with van der Waals surface area (Å²) in [6.45, 7) is 4.16. The Morgan fingerprint density at radius 1 is 1.14 bits per heavy atom. The van der Waals surface area contributed by atoms with Gasteiger partial charge in [-0.2, -0.15) is 13.2 Å². The van der Waals surface area contributed by atoms with Crippen molar-refractivity contribution in [3.05, 3.63) is 59.2 Å². The lowest BCUT2D eigenvalue weighted by Gasteiger charge is -2.41. The van der Waals surface area contributed by atoms with Crippen molar-refractivity contribution in [2.75, 3.05) is 6.61 Å². The van der Waals surface area contributed by atoms with Gasteiger partial charge in [-0.3, -0.25) is 0 Å². The molecule has 1 unspecified atom stereocenters. The van der Waals surface area contributed by atoms with E-state index < -0.39 is 17.3 Å². The third-order valence-corrected chi connectivity index (χ3v) is 5.11. The van der Waals surface area contributed by atoms with Gasteiger partial charge in [0.25, 0.3) is 0 Å². The number of piperidine rings is 1. The van der Waals surface area contributed by atoms with Crippen LogP contribution in [0, 0.1) is 0 Å². The Morgan fingerprint density at radius 2 is 1.82 bits per heavy atom. The molecule has 0 aliphatic carbocycles. The van der Waals surface area contributed by atoms with E-state index in [1.807, 2.05) is 19.9 Å². The molecule has 2 aromatic carbocycles. The summed E-state index contributed by atoms with van der Waals surface area (Å²) >= 11 is 0. The third-order valence-electron chi connectivity index (χ3n) is 5.11. The predicted octanol–water partition coefficient (Wildman–Crippen LogP) is 4.51. The third kappa shape index (κ3) is 4.25. The highest BCUT2D eigenvalue weighted by Gasteiger charge is 2.40. The Labute approximate surface area is 162 Å². The number of rotatable bonds is 4. The number of nitrogens with one attached hydrogen (secondary N) is 1. The van der Waals surface area contributed by atoms with Crippen molar-refractivity contribution in [2.45, 2.75) is 50.6 Å². The second kappa shape index (κ2) is 7.64. The van der Waals surface area contributed by atoms with E-state index in [4.69, 9.17) is 4.74 Å². The molecule has 0 spiro atoms. The van der Waals surface area contributed by atoms with Gasteiger partial charge in [-0.1, -0.05) is 18.2 Å². The minimum atomic E-state index is -4.41. The Hall–Kier alpha value is -2.25. The van der Waals surface area contributed by atoms with Crippen molar-refractivity contribution in [2.24, 2.45) is 0 Å². The standard InChI is InChI=1S/C21H24F3NO3/c1-3-28-19-9-4-14(10-18(19)26)17-12-20(27,11-13(2)25-17)15-5-7-16(8-6-15)21(22,23)24/h4-10,13,17,25-27H,3,11-12H2,1-2H3/t13-,17-,20?/m0/s1. The van der Waals surface area contributed by atoms with Crippen LogP contribution in [0.15, 0.2) is 42.5 Å². The topological polar surface area (TPSA) is 61.7 Å². The molecule has 7 heteroatoms. The van der Waals surface area contributed by atoms with Crippen LogP contribution in [0.3, 0.4) is 0 Å². The normalized spacial score (nSPS) is 25.5. The minimum absolute atomic E-state index is 0.0115. The zero-order chi connectivity index (χ0) is 20.5. The summed E-state index contributed by atoms with van der Waals surface area (Å²) in [6.07, 6.45) is -3.76. The van der Waals surface area contributed by atoms with Crippen LogP contribution in [0.5, 0.6) is 11.5 Å². The van der Waals surface area contributed by atoms with Crippen LogP contribution in [0.2, 0.25) is 0 Å². The van der Waals surface area contributed by atoms with Crippen molar-refractivity contribution in [1.29, 1.82) is 0 Å². The number of benzene rings is 2. The molecule has 1 fully saturated rings. The van der Waals surface area contributed by atoms with Crippen molar-refractivity contribution >= 4 is 0 Å². The predicted molar refractivity (Wildman–Crippen MR) is 99.2 cm³/mol. The molecule has 1 aliphatic rings. The molecule has 0 radical (unpaired) electrons. The van der Waals surface area contributed by atoms with E-state index in [0.29, 0.717) is 24.3 Å². The Balaban J connectivity index is 1.86. The fraction of sp³-hybridized carbons (Fsp3) is 0.429. The second-order valence-electron chi connectivity index (χ2n) is 7.30. The van der Waals surface area contributed by atoms with Crippen molar-refractivity contribution in [3.63, 3.8) is 0 Å². The zero-order valence-corrected chi connectivity index (χ0v) is 15.8. The molecule has 1 aliphatic heterocycles. The number of hydrogen-bond acceptors (Lipinski definition) is 4. The van der Waals surface area contributed by atoms with Gasteiger partial charge < -0.3 is 20.3 Å². The van der Waals surface area contributed by atoms with E-state index >= 15 is 0 Å². The van der Waals surface area contributed by atoms with Crippen LogP contribution < -0.4 is 10.1 Å². The number of ether oxygens (including phenoxy) is 1. The van der Waals surface area contributed by atoms with Gasteiger partial charge in [0.2, 0.25) is 0 Å². The SMILES string of the molecule is CCOc1ccc([C@@H]2CC(O)(c3ccc(C(F)(F)F)cc3)C[C@H](C)N2)cc1O. The summed E-state index contributed by atoms with van der Waals surface area (Å²) < 4.78 is 43.8. The molecule has 3 rings (SSSR count). The number of phenolic OH excluding ortho intramolecular Hbond substituents is 1. The number of halogens is 3. The Bertz CT molecular complexity index is 823. The highest BCUT2D eigenvalue weighted by molar-refractivity contribution is 5.43. The summed E-state index contributed by atoms with van der Waals surface area (Å²) in [5.41, 5.74) is -0.783. The number of hydrogen-bond donors (Lipinski definition) is 3. The van der Waals surface area contributed by atoms with Gasteiger partial charge in [-0.15, -0.1) is 0 Å². The monoisotopic (exact) mass is 395 g/mol. The fourth-order valence-electron chi connectivity index (χ4n) is 3.84.